The molecule has 0 aliphatic heterocycles. The van der Waals surface area contributed by atoms with Crippen LogP contribution in [0.1, 0.15) is 0 Å². The Hall–Kier alpha value is -6.32. The van der Waals surface area contributed by atoms with E-state index in [9.17, 15) is 0 Å². The van der Waals surface area contributed by atoms with Crippen molar-refractivity contribution in [2.24, 2.45) is 0 Å². The third-order valence-electron chi connectivity index (χ3n) is 9.68. The maximum atomic E-state index is 2.43. The van der Waals surface area contributed by atoms with Crippen molar-refractivity contribution in [3.05, 3.63) is 176 Å². The predicted molar refractivity (Wildman–Crippen MR) is 197 cm³/mol. The van der Waals surface area contributed by atoms with Crippen molar-refractivity contribution in [3.8, 4) is 28.2 Å². The van der Waals surface area contributed by atoms with Gasteiger partial charge in [0.1, 0.15) is 0 Å². The first-order chi connectivity index (χ1) is 23.3. The van der Waals surface area contributed by atoms with Crippen molar-refractivity contribution in [3.63, 3.8) is 0 Å². The van der Waals surface area contributed by atoms with Crippen LogP contribution in [-0.4, -0.2) is 13.7 Å². The lowest BCUT2D eigenvalue weighted by Gasteiger charge is -2.13. The van der Waals surface area contributed by atoms with E-state index >= 15 is 0 Å². The quantitative estimate of drug-likeness (QED) is 0.191. The van der Waals surface area contributed by atoms with Gasteiger partial charge in [-0.15, -0.1) is 0 Å². The number of hydrogen-bond donors (Lipinski definition) is 0. The first-order valence-electron chi connectivity index (χ1n) is 16.1. The molecule has 3 nitrogen and oxygen atoms in total. The van der Waals surface area contributed by atoms with Gasteiger partial charge in [0.2, 0.25) is 0 Å². The topological polar surface area (TPSA) is 14.8 Å². The summed E-state index contributed by atoms with van der Waals surface area (Å²) in [6, 6.07) is 61.4. The van der Waals surface area contributed by atoms with Crippen molar-refractivity contribution < 1.29 is 0 Å². The zero-order chi connectivity index (χ0) is 30.9. The monoisotopic (exact) mass is 599 g/mol. The highest BCUT2D eigenvalue weighted by atomic mass is 15.0. The Morgan fingerprint density at radius 1 is 0.298 bits per heavy atom. The molecule has 7 aromatic carbocycles. The van der Waals surface area contributed by atoms with Gasteiger partial charge in [-0.1, -0.05) is 109 Å². The molecular formula is C44H29N3. The van der Waals surface area contributed by atoms with Crippen LogP contribution in [0.4, 0.5) is 0 Å². The molecule has 0 aliphatic rings. The second-order valence-corrected chi connectivity index (χ2v) is 12.2. The van der Waals surface area contributed by atoms with Gasteiger partial charge in [-0.3, -0.25) is 0 Å². The molecule has 220 valence electrons. The highest BCUT2D eigenvalue weighted by molar-refractivity contribution is 6.18. The molecule has 10 aromatic rings. The number of rotatable bonds is 4. The summed E-state index contributed by atoms with van der Waals surface area (Å²) in [4.78, 5) is 0. The summed E-state index contributed by atoms with van der Waals surface area (Å²) < 4.78 is 7.12. The van der Waals surface area contributed by atoms with E-state index < -0.39 is 0 Å². The van der Waals surface area contributed by atoms with Gasteiger partial charge >= 0.3 is 0 Å². The summed E-state index contributed by atoms with van der Waals surface area (Å²) in [5, 5.41) is 6.30. The van der Waals surface area contributed by atoms with Crippen LogP contribution in [-0.2, 0) is 0 Å². The van der Waals surface area contributed by atoms with Crippen LogP contribution in [0, 0.1) is 0 Å². The lowest BCUT2D eigenvalue weighted by atomic mass is 10.0. The zero-order valence-electron chi connectivity index (χ0n) is 25.6. The molecule has 0 amide bonds. The second kappa shape index (κ2) is 10.1. The molecule has 3 aromatic heterocycles. The molecule has 0 atom stereocenters. The molecule has 0 unspecified atom stereocenters. The highest BCUT2D eigenvalue weighted by Crippen LogP contribution is 2.38. The molecule has 0 N–H and O–H groups in total. The minimum Gasteiger partial charge on any atom is -0.315 e. The van der Waals surface area contributed by atoms with Crippen molar-refractivity contribution in [1.82, 2.24) is 13.7 Å². The average Bonchev–Trinajstić information content (AvgIpc) is 3.83. The zero-order valence-corrected chi connectivity index (χ0v) is 25.6. The van der Waals surface area contributed by atoms with Crippen LogP contribution in [0.2, 0.25) is 0 Å². The number of aromatic nitrogens is 3. The summed E-state index contributed by atoms with van der Waals surface area (Å²) in [6.07, 6.45) is 2.19. The third kappa shape index (κ3) is 3.87. The fourth-order valence-corrected chi connectivity index (χ4v) is 7.55. The van der Waals surface area contributed by atoms with E-state index in [0.717, 1.165) is 11.4 Å². The summed E-state index contributed by atoms with van der Waals surface area (Å²) in [5.41, 5.74) is 12.0. The Kier molecular flexibility index (Phi) is 5.57. The highest BCUT2D eigenvalue weighted by Gasteiger charge is 2.18. The maximum absolute atomic E-state index is 2.43. The Morgan fingerprint density at radius 3 is 1.38 bits per heavy atom. The second-order valence-electron chi connectivity index (χ2n) is 12.2. The van der Waals surface area contributed by atoms with E-state index in [1.807, 2.05) is 0 Å². The van der Waals surface area contributed by atoms with Crippen LogP contribution in [0.5, 0.6) is 0 Å². The van der Waals surface area contributed by atoms with E-state index in [1.165, 1.54) is 71.3 Å². The lowest BCUT2D eigenvalue weighted by Crippen LogP contribution is -1.98. The van der Waals surface area contributed by atoms with Crippen LogP contribution in [0.15, 0.2) is 176 Å². The van der Waals surface area contributed by atoms with Crippen molar-refractivity contribution >= 4 is 54.5 Å². The molecule has 0 fully saturated rings. The number of para-hydroxylation sites is 4. The van der Waals surface area contributed by atoms with Crippen LogP contribution in [0.3, 0.4) is 0 Å². The van der Waals surface area contributed by atoms with Crippen molar-refractivity contribution in [2.45, 2.75) is 0 Å². The van der Waals surface area contributed by atoms with Crippen LogP contribution < -0.4 is 0 Å². The lowest BCUT2D eigenvalue weighted by molar-refractivity contribution is 1.12. The Balaban J connectivity index is 1.10. The molecule has 0 saturated heterocycles. The van der Waals surface area contributed by atoms with Gasteiger partial charge in [-0.2, -0.15) is 0 Å². The summed E-state index contributed by atoms with van der Waals surface area (Å²) >= 11 is 0. The molecule has 3 heterocycles. The van der Waals surface area contributed by atoms with E-state index in [0.29, 0.717) is 0 Å². The molecular weight excluding hydrogens is 571 g/mol. The van der Waals surface area contributed by atoms with Gasteiger partial charge in [0.05, 0.1) is 27.6 Å². The van der Waals surface area contributed by atoms with Gasteiger partial charge < -0.3 is 13.7 Å². The molecule has 0 spiro atoms. The smallest absolute Gasteiger partial charge is 0.0788 e. The minimum absolute atomic E-state index is 1.15. The Bertz CT molecular complexity index is 2700. The molecule has 0 aliphatic carbocycles. The minimum atomic E-state index is 1.15. The van der Waals surface area contributed by atoms with Crippen molar-refractivity contribution in [2.75, 3.05) is 0 Å². The first kappa shape index (κ1) is 26.0. The molecule has 47 heavy (non-hydrogen) atoms. The number of nitrogens with zero attached hydrogens (tertiary/aromatic N) is 3. The fraction of sp³-hybridized carbons (Fsp3) is 0. The van der Waals surface area contributed by atoms with E-state index in [1.54, 1.807) is 0 Å². The Morgan fingerprint density at radius 2 is 0.787 bits per heavy atom. The Labute approximate surface area is 271 Å². The first-order valence-corrected chi connectivity index (χ1v) is 16.1. The number of benzene rings is 7. The van der Waals surface area contributed by atoms with E-state index in [-0.39, 0.29) is 0 Å². The van der Waals surface area contributed by atoms with Gasteiger partial charge in [-0.25, -0.2) is 0 Å². The fourth-order valence-electron chi connectivity index (χ4n) is 7.55. The molecule has 3 heteroatoms. The predicted octanol–water partition coefficient (Wildman–Crippen LogP) is 11.5. The average molecular weight is 600 g/mol. The summed E-state index contributed by atoms with van der Waals surface area (Å²) in [6.45, 7) is 0. The number of hydrogen-bond acceptors (Lipinski definition) is 0. The van der Waals surface area contributed by atoms with Gasteiger partial charge in [0, 0.05) is 50.2 Å². The third-order valence-corrected chi connectivity index (χ3v) is 9.68. The summed E-state index contributed by atoms with van der Waals surface area (Å²) in [7, 11) is 0. The number of fused-ring (bicyclic) bond motifs is 8. The standard InChI is InChI=1S/C44H29N3/c1-2-10-33(11-3-1)45-29-28-32-22-27-39-38-14-6-9-17-42(38)47(44(39)43(32)45)35-25-20-31(21-26-35)30-18-23-34(24-19-30)46-40-15-7-4-12-36(40)37-13-5-8-16-41(37)46/h1-29H. The van der Waals surface area contributed by atoms with Crippen LogP contribution in [0.25, 0.3) is 82.7 Å². The molecule has 0 saturated carbocycles. The SMILES string of the molecule is c1ccc(-n2ccc3ccc4c5ccccc5n(-c5ccc(-c6ccc(-n7c8ccccc8c8ccccc87)cc6)cc5)c4c32)cc1. The maximum Gasteiger partial charge on any atom is 0.0788 e. The molecule has 0 bridgehead atoms. The van der Waals surface area contributed by atoms with Crippen LogP contribution >= 0.6 is 0 Å². The largest absolute Gasteiger partial charge is 0.315 e. The van der Waals surface area contributed by atoms with E-state index in [2.05, 4.69) is 190 Å². The van der Waals surface area contributed by atoms with Gasteiger partial charge in [0.25, 0.3) is 0 Å². The summed E-state index contributed by atoms with van der Waals surface area (Å²) in [5.74, 6) is 0. The van der Waals surface area contributed by atoms with Crippen molar-refractivity contribution in [1.29, 1.82) is 0 Å². The molecule has 10 rings (SSSR count). The van der Waals surface area contributed by atoms with Gasteiger partial charge in [0.15, 0.2) is 0 Å². The van der Waals surface area contributed by atoms with E-state index in [4.69, 9.17) is 0 Å². The normalized spacial score (nSPS) is 11.8. The van der Waals surface area contributed by atoms with Gasteiger partial charge in [-0.05, 0) is 71.8 Å². The molecule has 0 radical (unpaired) electrons.